The molecule has 0 unspecified atom stereocenters. The van der Waals surface area contributed by atoms with Crippen molar-refractivity contribution in [1.82, 2.24) is 9.78 Å². The van der Waals surface area contributed by atoms with Crippen LogP contribution in [-0.4, -0.2) is 25.3 Å². The minimum Gasteiger partial charge on any atom is -0.493 e. The third-order valence-electron chi connectivity index (χ3n) is 5.46. The lowest BCUT2D eigenvalue weighted by molar-refractivity contribution is 0.411. The van der Waals surface area contributed by atoms with Crippen LogP contribution >= 0.6 is 0 Å². The molecule has 0 saturated carbocycles. The smallest absolute Gasteiger partial charge is 0.216 e. The minimum atomic E-state index is -4.03. The average molecular weight is 482 g/mol. The summed E-state index contributed by atoms with van der Waals surface area (Å²) in [6.45, 7) is 0. The highest BCUT2D eigenvalue weighted by molar-refractivity contribution is 7.95. The first-order chi connectivity index (χ1) is 17.0. The van der Waals surface area contributed by atoms with E-state index in [1.807, 2.05) is 54.6 Å². The molecule has 3 aromatic carbocycles. The molecule has 0 fully saturated rings. The number of sulfone groups is 1. The molecule has 0 atom stereocenters. The molecule has 0 bridgehead atoms. The Kier molecular flexibility index (Phi) is 5.69. The van der Waals surface area contributed by atoms with Crippen LogP contribution in [0.4, 0.5) is 0 Å². The lowest BCUT2D eigenvalue weighted by Gasteiger charge is -2.02. The normalized spacial score (nSPS) is 11.9. The van der Waals surface area contributed by atoms with E-state index in [4.69, 9.17) is 9.15 Å². The van der Waals surface area contributed by atoms with E-state index in [9.17, 15) is 13.7 Å². The quantitative estimate of drug-likeness (QED) is 0.291. The Hall–Kier alpha value is -4.61. The highest BCUT2D eigenvalue weighted by Gasteiger charge is 2.23. The van der Waals surface area contributed by atoms with Crippen molar-refractivity contribution in [2.45, 2.75) is 4.90 Å². The molecule has 0 spiro atoms. The fourth-order valence-electron chi connectivity index (χ4n) is 3.75. The minimum absolute atomic E-state index is 0.0401. The maximum atomic E-state index is 13.2. The van der Waals surface area contributed by atoms with E-state index < -0.39 is 14.7 Å². The largest absolute Gasteiger partial charge is 0.493 e. The van der Waals surface area contributed by atoms with Crippen molar-refractivity contribution in [3.8, 4) is 29.0 Å². The van der Waals surface area contributed by atoms with E-state index in [2.05, 4.69) is 5.10 Å². The Morgan fingerprint density at radius 1 is 1.03 bits per heavy atom. The zero-order chi connectivity index (χ0) is 24.4. The number of rotatable bonds is 6. The van der Waals surface area contributed by atoms with Gasteiger partial charge in [-0.15, -0.1) is 0 Å². The van der Waals surface area contributed by atoms with Gasteiger partial charge < -0.3 is 9.15 Å². The number of para-hydroxylation sites is 2. The molecule has 2 heterocycles. The number of allylic oxidation sites excluding steroid dienone is 1. The van der Waals surface area contributed by atoms with Gasteiger partial charge in [-0.1, -0.05) is 48.5 Å². The summed E-state index contributed by atoms with van der Waals surface area (Å²) < 4.78 is 39.4. The molecule has 35 heavy (non-hydrogen) atoms. The van der Waals surface area contributed by atoms with Crippen LogP contribution in [0.3, 0.4) is 0 Å². The number of hydrogen-bond donors (Lipinski definition) is 0. The number of nitrogens with zero attached hydrogens (tertiary/aromatic N) is 3. The highest BCUT2D eigenvalue weighted by Crippen LogP contribution is 2.35. The lowest BCUT2D eigenvalue weighted by atomic mass is 10.2. The van der Waals surface area contributed by atoms with Gasteiger partial charge in [0, 0.05) is 17.1 Å². The summed E-state index contributed by atoms with van der Waals surface area (Å²) in [5, 5.41) is 15.3. The van der Waals surface area contributed by atoms with Crippen molar-refractivity contribution in [3.05, 3.63) is 102 Å². The molecule has 5 rings (SSSR count). The van der Waals surface area contributed by atoms with E-state index >= 15 is 0 Å². The number of aromatic nitrogens is 2. The lowest BCUT2D eigenvalue weighted by Crippen LogP contribution is -2.03. The van der Waals surface area contributed by atoms with E-state index in [0.29, 0.717) is 28.4 Å². The van der Waals surface area contributed by atoms with Crippen LogP contribution in [0.15, 0.2) is 105 Å². The summed E-state index contributed by atoms with van der Waals surface area (Å²) in [5.74, 6) is 0.984. The number of nitriles is 1. The molecule has 7 nitrogen and oxygen atoms in total. The second kappa shape index (κ2) is 8.97. The van der Waals surface area contributed by atoms with Crippen molar-refractivity contribution >= 4 is 26.9 Å². The van der Waals surface area contributed by atoms with Gasteiger partial charge in [0.25, 0.3) is 0 Å². The molecule has 0 aliphatic rings. The highest BCUT2D eigenvalue weighted by atomic mass is 32.2. The van der Waals surface area contributed by atoms with Crippen molar-refractivity contribution in [2.75, 3.05) is 7.11 Å². The van der Waals surface area contributed by atoms with Gasteiger partial charge in [0.2, 0.25) is 9.84 Å². The third kappa shape index (κ3) is 4.09. The van der Waals surface area contributed by atoms with Crippen LogP contribution in [0, 0.1) is 11.3 Å². The average Bonchev–Trinajstić information content (AvgIpc) is 3.52. The Morgan fingerprint density at radius 3 is 2.43 bits per heavy atom. The van der Waals surface area contributed by atoms with Gasteiger partial charge >= 0.3 is 0 Å². The third-order valence-corrected chi connectivity index (χ3v) is 7.15. The second-order valence-corrected chi connectivity index (χ2v) is 9.56. The van der Waals surface area contributed by atoms with E-state index in [-0.39, 0.29) is 4.90 Å². The van der Waals surface area contributed by atoms with Crippen LogP contribution in [0.5, 0.6) is 5.75 Å². The zero-order valence-electron chi connectivity index (χ0n) is 18.6. The molecular weight excluding hydrogens is 462 g/mol. The van der Waals surface area contributed by atoms with Gasteiger partial charge in [-0.25, -0.2) is 13.1 Å². The van der Waals surface area contributed by atoms with Crippen molar-refractivity contribution in [3.63, 3.8) is 0 Å². The number of hydrogen-bond acceptors (Lipinski definition) is 6. The number of benzene rings is 3. The van der Waals surface area contributed by atoms with Gasteiger partial charge in [-0.3, -0.25) is 0 Å². The van der Waals surface area contributed by atoms with Crippen LogP contribution in [0.1, 0.15) is 5.56 Å². The zero-order valence-corrected chi connectivity index (χ0v) is 19.4. The van der Waals surface area contributed by atoms with Gasteiger partial charge in [0.05, 0.1) is 17.7 Å². The van der Waals surface area contributed by atoms with Crippen LogP contribution in [0.25, 0.3) is 34.2 Å². The fourth-order valence-corrected chi connectivity index (χ4v) is 4.92. The number of furan rings is 1. The monoisotopic (exact) mass is 481 g/mol. The van der Waals surface area contributed by atoms with Gasteiger partial charge in [-0.2, -0.15) is 10.4 Å². The first-order valence-corrected chi connectivity index (χ1v) is 12.1. The molecule has 5 aromatic rings. The molecule has 2 aromatic heterocycles. The van der Waals surface area contributed by atoms with E-state index in [1.54, 1.807) is 42.3 Å². The van der Waals surface area contributed by atoms with Gasteiger partial charge in [0.1, 0.15) is 16.7 Å². The van der Waals surface area contributed by atoms with Crippen molar-refractivity contribution in [1.29, 1.82) is 5.26 Å². The van der Waals surface area contributed by atoms with Gasteiger partial charge in [-0.05, 0) is 42.5 Å². The first kappa shape index (κ1) is 22.2. The topological polar surface area (TPSA) is 98.1 Å². The summed E-state index contributed by atoms with van der Waals surface area (Å²) in [7, 11) is -2.47. The maximum Gasteiger partial charge on any atom is 0.216 e. The van der Waals surface area contributed by atoms with Crippen LogP contribution in [-0.2, 0) is 9.84 Å². The Morgan fingerprint density at radius 2 is 1.74 bits per heavy atom. The predicted molar refractivity (Wildman–Crippen MR) is 133 cm³/mol. The first-order valence-electron chi connectivity index (χ1n) is 10.6. The number of ether oxygens (including phenoxy) is 1. The van der Waals surface area contributed by atoms with Crippen molar-refractivity contribution < 1.29 is 17.6 Å². The molecule has 8 heteroatoms. The molecule has 0 N–H and O–H groups in total. The fraction of sp³-hybridized carbons (Fsp3) is 0.0370. The van der Waals surface area contributed by atoms with E-state index in [0.717, 1.165) is 11.1 Å². The Bertz CT molecular complexity index is 1690. The summed E-state index contributed by atoms with van der Waals surface area (Å²) in [5.41, 5.74) is 2.13. The van der Waals surface area contributed by atoms with Crippen LogP contribution < -0.4 is 4.74 Å². The van der Waals surface area contributed by atoms with Crippen LogP contribution in [0.2, 0.25) is 0 Å². The summed E-state index contributed by atoms with van der Waals surface area (Å²) in [6, 6.07) is 26.4. The molecule has 172 valence electrons. The number of fused-ring (bicyclic) bond motifs is 1. The molecular formula is C27H19N3O4S. The predicted octanol–water partition coefficient (Wildman–Crippen LogP) is 5.63. The Balaban J connectivity index is 1.71. The molecule has 0 saturated heterocycles. The van der Waals surface area contributed by atoms with E-state index in [1.165, 1.54) is 18.2 Å². The Labute approximate surface area is 202 Å². The van der Waals surface area contributed by atoms with Crippen molar-refractivity contribution in [2.24, 2.45) is 0 Å². The summed E-state index contributed by atoms with van der Waals surface area (Å²) in [6.07, 6.45) is 3.00. The molecule has 0 aliphatic carbocycles. The number of methoxy groups -OCH3 is 1. The van der Waals surface area contributed by atoms with Gasteiger partial charge in [0.15, 0.2) is 17.1 Å². The molecule has 0 radical (unpaired) electrons. The second-order valence-electron chi connectivity index (χ2n) is 7.64. The molecule has 0 aliphatic heterocycles. The maximum absolute atomic E-state index is 13.2. The standard InChI is InChI=1S/C27H19N3O4S/c1-33-24-14-8-9-19-16-25(34-27(19)24)26-20(18-30(29-26)21-10-4-2-5-11-21)15-23(17-28)35(31,32)22-12-6-3-7-13-22/h2-16,18H,1H3. The summed E-state index contributed by atoms with van der Waals surface area (Å²) in [4.78, 5) is -0.357. The SMILES string of the molecule is COc1cccc2cc(-c3nn(-c4ccccc4)cc3C=C(C#N)S(=O)(=O)c3ccccc3)oc12. The molecule has 0 amide bonds. The summed E-state index contributed by atoms with van der Waals surface area (Å²) >= 11 is 0.